The van der Waals surface area contributed by atoms with Gasteiger partial charge in [0.2, 0.25) is 0 Å². The first-order chi connectivity index (χ1) is 6.06. The summed E-state index contributed by atoms with van der Waals surface area (Å²) in [6.07, 6.45) is 0. The van der Waals surface area contributed by atoms with Crippen LogP contribution >= 0.6 is 27.5 Å². The molecule has 1 rings (SSSR count). The molecule has 0 unspecified atom stereocenters. The van der Waals surface area contributed by atoms with Crippen molar-refractivity contribution in [2.75, 3.05) is 7.11 Å². The molecule has 1 aromatic carbocycles. The summed E-state index contributed by atoms with van der Waals surface area (Å²) >= 11 is 8.38. The summed E-state index contributed by atoms with van der Waals surface area (Å²) in [7, 11) is 1.42. The maximum absolute atomic E-state index is 10.8. The van der Waals surface area contributed by atoms with E-state index in [1.807, 2.05) is 0 Å². The minimum absolute atomic E-state index is 0.116. The average Bonchev–Trinajstić information content (AvgIpc) is 2.07. The molecule has 0 aliphatic rings. The Bertz CT molecular complexity index is 351. The molecule has 0 bridgehead atoms. The maximum atomic E-state index is 10.8. The minimum Gasteiger partial charge on any atom is -0.504 e. The first-order valence-electron chi connectivity index (χ1n) is 3.32. The summed E-state index contributed by atoms with van der Waals surface area (Å²) in [5.41, 5.74) is 0.208. The van der Waals surface area contributed by atoms with Gasteiger partial charge in [0.25, 0.3) is 5.24 Å². The van der Waals surface area contributed by atoms with Crippen LogP contribution in [0.15, 0.2) is 16.6 Å². The Hall–Kier alpha value is -0.740. The summed E-state index contributed by atoms with van der Waals surface area (Å²) in [6, 6.07) is 2.73. The molecule has 0 saturated heterocycles. The van der Waals surface area contributed by atoms with Crippen molar-refractivity contribution in [3.63, 3.8) is 0 Å². The quantitative estimate of drug-likeness (QED) is 0.836. The summed E-state index contributed by atoms with van der Waals surface area (Å²) in [4.78, 5) is 10.8. The molecule has 0 spiro atoms. The van der Waals surface area contributed by atoms with E-state index in [4.69, 9.17) is 16.3 Å². The maximum Gasteiger partial charge on any atom is 0.253 e. The third-order valence-electron chi connectivity index (χ3n) is 1.48. The molecule has 0 radical (unpaired) electrons. The van der Waals surface area contributed by atoms with Crippen LogP contribution in [0.1, 0.15) is 10.4 Å². The standard InChI is InChI=1S/C8H6BrClO3/c1-13-7-3-5(9)4(8(10)12)2-6(7)11/h2-3,11H,1H3. The zero-order valence-corrected chi connectivity index (χ0v) is 9.02. The van der Waals surface area contributed by atoms with Crippen molar-refractivity contribution < 1.29 is 14.6 Å². The third kappa shape index (κ3) is 2.14. The van der Waals surface area contributed by atoms with E-state index in [2.05, 4.69) is 15.9 Å². The number of halogens is 2. The van der Waals surface area contributed by atoms with Crippen molar-refractivity contribution in [1.82, 2.24) is 0 Å². The summed E-state index contributed by atoms with van der Waals surface area (Å²) in [5.74, 6) is 0.170. The van der Waals surface area contributed by atoms with Crippen LogP contribution in [0.4, 0.5) is 0 Å². The molecule has 1 aromatic rings. The Labute approximate surface area is 88.4 Å². The van der Waals surface area contributed by atoms with Gasteiger partial charge in [-0.05, 0) is 39.7 Å². The number of carbonyl (C=O) groups excluding carboxylic acids is 1. The molecular formula is C8H6BrClO3. The van der Waals surface area contributed by atoms with Gasteiger partial charge in [0, 0.05) is 4.47 Å². The monoisotopic (exact) mass is 264 g/mol. The van der Waals surface area contributed by atoms with Gasteiger partial charge in [0.1, 0.15) is 0 Å². The number of ether oxygens (including phenoxy) is 1. The first kappa shape index (κ1) is 10.3. The van der Waals surface area contributed by atoms with Crippen molar-refractivity contribution in [2.24, 2.45) is 0 Å². The Balaban J connectivity index is 3.28. The molecule has 1 N–H and O–H groups in total. The van der Waals surface area contributed by atoms with Gasteiger partial charge in [0.15, 0.2) is 11.5 Å². The van der Waals surface area contributed by atoms with Gasteiger partial charge in [-0.15, -0.1) is 0 Å². The van der Waals surface area contributed by atoms with E-state index in [9.17, 15) is 9.90 Å². The number of aromatic hydroxyl groups is 1. The first-order valence-corrected chi connectivity index (χ1v) is 4.49. The highest BCUT2D eigenvalue weighted by molar-refractivity contribution is 9.10. The number of benzene rings is 1. The van der Waals surface area contributed by atoms with Crippen LogP contribution in [0, 0.1) is 0 Å². The zero-order chi connectivity index (χ0) is 10.0. The number of carbonyl (C=O) groups is 1. The Morgan fingerprint density at radius 2 is 2.23 bits per heavy atom. The highest BCUT2D eigenvalue weighted by Crippen LogP contribution is 2.32. The molecule has 13 heavy (non-hydrogen) atoms. The molecule has 3 nitrogen and oxygen atoms in total. The number of phenolic OH excluding ortho intramolecular Hbond substituents is 1. The second-order valence-electron chi connectivity index (χ2n) is 2.28. The summed E-state index contributed by atoms with van der Waals surface area (Å²) in [5, 5.41) is 8.67. The number of hydrogen-bond donors (Lipinski definition) is 1. The van der Waals surface area contributed by atoms with E-state index >= 15 is 0 Å². The second kappa shape index (κ2) is 3.98. The van der Waals surface area contributed by atoms with Crippen LogP contribution in [0.25, 0.3) is 0 Å². The fourth-order valence-corrected chi connectivity index (χ4v) is 1.63. The van der Waals surface area contributed by atoms with E-state index in [1.165, 1.54) is 19.2 Å². The van der Waals surface area contributed by atoms with E-state index in [0.717, 1.165) is 0 Å². The Morgan fingerprint density at radius 3 is 2.69 bits per heavy atom. The minimum atomic E-state index is -0.634. The van der Waals surface area contributed by atoms with Crippen molar-refractivity contribution in [3.05, 3.63) is 22.2 Å². The van der Waals surface area contributed by atoms with E-state index in [-0.39, 0.29) is 17.1 Å². The van der Waals surface area contributed by atoms with Gasteiger partial charge in [-0.2, -0.15) is 0 Å². The molecule has 0 aromatic heterocycles. The highest BCUT2D eigenvalue weighted by Gasteiger charge is 2.12. The molecule has 0 heterocycles. The lowest BCUT2D eigenvalue weighted by Gasteiger charge is -2.05. The number of rotatable bonds is 2. The average molecular weight is 265 g/mol. The predicted molar refractivity (Wildman–Crippen MR) is 52.5 cm³/mol. The Morgan fingerprint density at radius 1 is 1.62 bits per heavy atom. The smallest absolute Gasteiger partial charge is 0.253 e. The third-order valence-corrected chi connectivity index (χ3v) is 2.34. The number of phenols is 1. The lowest BCUT2D eigenvalue weighted by atomic mass is 10.2. The fraction of sp³-hybridized carbons (Fsp3) is 0.125. The SMILES string of the molecule is COc1cc(Br)c(C(=O)Cl)cc1O. The van der Waals surface area contributed by atoms with E-state index in [0.29, 0.717) is 4.47 Å². The lowest BCUT2D eigenvalue weighted by Crippen LogP contribution is -1.92. The van der Waals surface area contributed by atoms with Crippen molar-refractivity contribution in [2.45, 2.75) is 0 Å². The number of hydrogen-bond acceptors (Lipinski definition) is 3. The van der Waals surface area contributed by atoms with Crippen LogP contribution in [0.2, 0.25) is 0 Å². The molecular weight excluding hydrogens is 259 g/mol. The zero-order valence-electron chi connectivity index (χ0n) is 6.67. The van der Waals surface area contributed by atoms with Crippen molar-refractivity contribution >= 4 is 32.8 Å². The van der Waals surface area contributed by atoms with Gasteiger partial charge >= 0.3 is 0 Å². The molecule has 0 fully saturated rings. The Kier molecular flexibility index (Phi) is 3.17. The van der Waals surface area contributed by atoms with Crippen molar-refractivity contribution in [1.29, 1.82) is 0 Å². The topological polar surface area (TPSA) is 46.5 Å². The van der Waals surface area contributed by atoms with Crippen LogP contribution in [0.5, 0.6) is 11.5 Å². The molecule has 70 valence electrons. The second-order valence-corrected chi connectivity index (χ2v) is 3.48. The van der Waals surface area contributed by atoms with Crippen molar-refractivity contribution in [3.8, 4) is 11.5 Å². The molecule has 0 aliphatic heterocycles. The molecule has 0 aliphatic carbocycles. The van der Waals surface area contributed by atoms with Crippen LogP contribution in [-0.4, -0.2) is 17.5 Å². The predicted octanol–water partition coefficient (Wildman–Crippen LogP) is 2.54. The van der Waals surface area contributed by atoms with E-state index in [1.54, 1.807) is 0 Å². The molecule has 0 atom stereocenters. The normalized spacial score (nSPS) is 9.77. The van der Waals surface area contributed by atoms with Gasteiger partial charge in [-0.1, -0.05) is 0 Å². The van der Waals surface area contributed by atoms with Gasteiger partial charge in [-0.3, -0.25) is 4.79 Å². The number of methoxy groups -OCH3 is 1. The van der Waals surface area contributed by atoms with Gasteiger partial charge in [-0.25, -0.2) is 0 Å². The molecule has 5 heteroatoms. The summed E-state index contributed by atoms with van der Waals surface area (Å²) in [6.45, 7) is 0. The van der Waals surface area contributed by atoms with E-state index < -0.39 is 5.24 Å². The van der Waals surface area contributed by atoms with Crippen LogP contribution in [-0.2, 0) is 0 Å². The van der Waals surface area contributed by atoms with Crippen LogP contribution < -0.4 is 4.74 Å². The largest absolute Gasteiger partial charge is 0.504 e. The van der Waals surface area contributed by atoms with Gasteiger partial charge in [0.05, 0.1) is 12.7 Å². The highest BCUT2D eigenvalue weighted by atomic mass is 79.9. The summed E-state index contributed by atoms with van der Waals surface area (Å²) < 4.78 is 5.31. The van der Waals surface area contributed by atoms with Crippen LogP contribution in [0.3, 0.4) is 0 Å². The molecule has 0 saturated carbocycles. The van der Waals surface area contributed by atoms with Gasteiger partial charge < -0.3 is 9.84 Å². The molecule has 0 amide bonds. The lowest BCUT2D eigenvalue weighted by molar-refractivity contribution is 0.108. The fourth-order valence-electron chi connectivity index (χ4n) is 0.858.